The van der Waals surface area contributed by atoms with Crippen LogP contribution in [0.2, 0.25) is 0 Å². The van der Waals surface area contributed by atoms with Crippen LogP contribution in [0.1, 0.15) is 29.2 Å². The van der Waals surface area contributed by atoms with Crippen molar-refractivity contribution in [2.45, 2.75) is 54.2 Å². The topological polar surface area (TPSA) is 239 Å². The van der Waals surface area contributed by atoms with Crippen LogP contribution < -0.4 is 17.2 Å². The van der Waals surface area contributed by atoms with Crippen LogP contribution in [-0.4, -0.2) is 94.5 Å². The summed E-state index contributed by atoms with van der Waals surface area (Å²) >= 11 is 0. The van der Waals surface area contributed by atoms with Gasteiger partial charge in [0.05, 0.1) is 50.0 Å². The number of carboxylic acids is 1. The Labute approximate surface area is 442 Å². The summed E-state index contributed by atoms with van der Waals surface area (Å²) in [5.41, 5.74) is 4.00. The van der Waals surface area contributed by atoms with Crippen molar-refractivity contribution >= 4 is 96.6 Å². The third kappa shape index (κ3) is 11.6. The molecule has 8 aromatic rings. The van der Waals surface area contributed by atoms with Crippen LogP contribution in [0, 0.1) is 27.7 Å². The first-order valence-corrected chi connectivity index (χ1v) is 29.1. The first-order chi connectivity index (χ1) is 35.9. The minimum absolute atomic E-state index is 0.0218. The van der Waals surface area contributed by atoms with Crippen LogP contribution in [0.25, 0.3) is 21.5 Å². The SMILES string of the molecule is CCOC(=O)CN(c1ncc(N(C)S(=O)(=O)c2ccc(C)cc2)c2ccccc12)S(=O)(=O)c1ccc(C)cc1.Cc1ccc(S(=O)(=O)N(C)c2cnc(N(CC(=O)O)S(=O)(=O)c3ccc(C)cc3)c3ccccc23)cc1. The highest BCUT2D eigenvalue weighted by Crippen LogP contribution is 2.38. The van der Waals surface area contributed by atoms with E-state index in [2.05, 4.69) is 9.97 Å². The summed E-state index contributed by atoms with van der Waals surface area (Å²) in [6.07, 6.45) is 2.54. The van der Waals surface area contributed by atoms with Gasteiger partial charge < -0.3 is 9.84 Å². The number of sulfonamides is 4. The van der Waals surface area contributed by atoms with Gasteiger partial charge in [0.25, 0.3) is 40.1 Å². The summed E-state index contributed by atoms with van der Waals surface area (Å²) in [6, 6.07) is 38.4. The van der Waals surface area contributed by atoms with Crippen molar-refractivity contribution < 1.29 is 53.1 Å². The molecule has 0 radical (unpaired) electrons. The molecule has 2 aromatic heterocycles. The molecular formula is C54H54N6O12S4. The van der Waals surface area contributed by atoms with Crippen LogP contribution in [0.15, 0.2) is 178 Å². The van der Waals surface area contributed by atoms with E-state index in [0.717, 1.165) is 39.5 Å². The van der Waals surface area contributed by atoms with Gasteiger partial charge in [-0.05, 0) is 83.1 Å². The van der Waals surface area contributed by atoms with Gasteiger partial charge in [-0.3, -0.25) is 18.2 Å². The Balaban J connectivity index is 0.000000221. The Morgan fingerprint density at radius 2 is 0.737 bits per heavy atom. The van der Waals surface area contributed by atoms with Crippen molar-refractivity contribution in [2.24, 2.45) is 0 Å². The number of carbonyl (C=O) groups is 2. The van der Waals surface area contributed by atoms with Gasteiger partial charge >= 0.3 is 11.9 Å². The Morgan fingerprint density at radius 3 is 1.04 bits per heavy atom. The molecule has 0 fully saturated rings. The average Bonchev–Trinajstić information content (AvgIpc) is 3.40. The van der Waals surface area contributed by atoms with Crippen molar-refractivity contribution in [1.82, 2.24) is 9.97 Å². The number of hydrogen-bond donors (Lipinski definition) is 1. The van der Waals surface area contributed by atoms with Gasteiger partial charge in [-0.1, -0.05) is 119 Å². The maximum atomic E-state index is 13.8. The van der Waals surface area contributed by atoms with E-state index in [1.54, 1.807) is 111 Å². The highest BCUT2D eigenvalue weighted by Gasteiger charge is 2.34. The van der Waals surface area contributed by atoms with E-state index in [-0.39, 0.29) is 54.6 Å². The Bertz CT molecular complexity index is 3920. The number of esters is 1. The largest absolute Gasteiger partial charge is 0.480 e. The lowest BCUT2D eigenvalue weighted by molar-refractivity contribution is -0.141. The number of fused-ring (bicyclic) bond motifs is 2. The van der Waals surface area contributed by atoms with E-state index >= 15 is 0 Å². The molecule has 22 heteroatoms. The summed E-state index contributed by atoms with van der Waals surface area (Å²) in [4.78, 5) is 33.0. The maximum Gasteiger partial charge on any atom is 0.326 e. The van der Waals surface area contributed by atoms with Crippen LogP contribution in [0.4, 0.5) is 23.0 Å². The van der Waals surface area contributed by atoms with Gasteiger partial charge in [-0.15, -0.1) is 0 Å². The number of anilines is 4. The molecule has 6 aromatic carbocycles. The van der Waals surface area contributed by atoms with Gasteiger partial charge in [-0.2, -0.15) is 0 Å². The first-order valence-electron chi connectivity index (χ1n) is 23.3. The number of rotatable bonds is 17. The average molecular weight is 1110 g/mol. The fraction of sp³-hybridized carbons (Fsp3) is 0.185. The molecular weight excluding hydrogens is 1050 g/mol. The lowest BCUT2D eigenvalue weighted by Gasteiger charge is -2.26. The zero-order valence-corrected chi connectivity index (χ0v) is 45.7. The summed E-state index contributed by atoms with van der Waals surface area (Å²) in [6.45, 7) is 7.58. The van der Waals surface area contributed by atoms with Crippen molar-refractivity contribution in [3.05, 3.63) is 180 Å². The Morgan fingerprint density at radius 1 is 0.447 bits per heavy atom. The van der Waals surface area contributed by atoms with Gasteiger partial charge in [-0.25, -0.2) is 52.2 Å². The van der Waals surface area contributed by atoms with Gasteiger partial charge in [0.2, 0.25) is 0 Å². The van der Waals surface area contributed by atoms with E-state index in [4.69, 9.17) is 4.74 Å². The third-order valence-corrected chi connectivity index (χ3v) is 19.2. The number of benzene rings is 6. The molecule has 0 bridgehead atoms. The number of carboxylic acid groups (broad SMARTS) is 1. The van der Waals surface area contributed by atoms with Crippen molar-refractivity contribution in [3.8, 4) is 0 Å². The molecule has 0 saturated heterocycles. The summed E-state index contributed by atoms with van der Waals surface area (Å²) in [5, 5.41) is 11.0. The molecule has 0 aliphatic rings. The second-order valence-corrected chi connectivity index (χ2v) is 25.1. The fourth-order valence-electron chi connectivity index (χ4n) is 7.89. The number of ether oxygens (including phenoxy) is 1. The number of aromatic nitrogens is 2. The molecule has 396 valence electrons. The molecule has 0 aliphatic heterocycles. The smallest absolute Gasteiger partial charge is 0.326 e. The molecule has 18 nitrogen and oxygen atoms in total. The number of pyridine rings is 2. The van der Waals surface area contributed by atoms with E-state index < -0.39 is 65.1 Å². The van der Waals surface area contributed by atoms with Gasteiger partial charge in [0.1, 0.15) is 13.1 Å². The summed E-state index contributed by atoms with van der Waals surface area (Å²) in [5.74, 6) is -2.26. The highest BCUT2D eigenvalue weighted by molar-refractivity contribution is 7.93. The predicted octanol–water partition coefficient (Wildman–Crippen LogP) is 8.39. The minimum atomic E-state index is -4.31. The van der Waals surface area contributed by atoms with E-state index in [0.29, 0.717) is 16.2 Å². The second-order valence-electron chi connectivity index (χ2n) is 17.4. The molecule has 0 spiro atoms. The molecule has 0 amide bonds. The van der Waals surface area contributed by atoms with Crippen LogP contribution >= 0.6 is 0 Å². The maximum absolute atomic E-state index is 13.8. The lowest BCUT2D eigenvalue weighted by Crippen LogP contribution is -2.37. The Hall–Kier alpha value is -7.92. The van der Waals surface area contributed by atoms with E-state index in [1.807, 2.05) is 20.8 Å². The molecule has 1 N–H and O–H groups in total. The molecule has 76 heavy (non-hydrogen) atoms. The van der Waals surface area contributed by atoms with Crippen LogP contribution in [0.3, 0.4) is 0 Å². The monoisotopic (exact) mass is 1110 g/mol. The first kappa shape index (κ1) is 55.8. The number of aryl methyl sites for hydroxylation is 4. The second kappa shape index (κ2) is 22.5. The lowest BCUT2D eigenvalue weighted by atomic mass is 10.1. The number of hydrogen-bond acceptors (Lipinski definition) is 13. The van der Waals surface area contributed by atoms with Crippen LogP contribution in [0.5, 0.6) is 0 Å². The zero-order valence-electron chi connectivity index (χ0n) is 42.4. The fourth-order valence-corrected chi connectivity index (χ4v) is 13.1. The van der Waals surface area contributed by atoms with Crippen LogP contribution in [-0.2, 0) is 54.4 Å². The summed E-state index contributed by atoms with van der Waals surface area (Å²) < 4.78 is 117. The predicted molar refractivity (Wildman–Crippen MR) is 293 cm³/mol. The zero-order chi connectivity index (χ0) is 55.3. The van der Waals surface area contributed by atoms with Crippen molar-refractivity contribution in [1.29, 1.82) is 0 Å². The molecule has 0 saturated carbocycles. The third-order valence-electron chi connectivity index (χ3n) is 12.1. The quantitative estimate of drug-likeness (QED) is 0.0843. The Kier molecular flexibility index (Phi) is 16.5. The standard InChI is InChI=1S/C28H29N3O6S2.C26H25N3O6S2/c1-5-37-27(32)19-31(39(35,36)23-16-12-21(3)13-17-23)28-25-9-7-6-8-24(25)26(18-29-28)30(4)38(33,34)22-14-10-20(2)11-15-22;1-18-8-12-20(13-9-18)36(32,33)28(3)24-16-27-26(23-7-5-4-6-22(23)24)29(17-25(30)31)37(34,35)21-14-10-19(2)11-15-21/h6-18H,5,19H2,1-4H3;4-16H,17H2,1-3H3,(H,30,31). The molecule has 0 aliphatic carbocycles. The highest BCUT2D eigenvalue weighted by atomic mass is 32.2. The van der Waals surface area contributed by atoms with Gasteiger partial charge in [0.15, 0.2) is 11.6 Å². The normalized spacial score (nSPS) is 11.8. The van der Waals surface area contributed by atoms with E-state index in [1.165, 1.54) is 75.0 Å². The molecule has 2 heterocycles. The minimum Gasteiger partial charge on any atom is -0.480 e. The molecule has 0 unspecified atom stereocenters. The number of carbonyl (C=O) groups excluding carboxylic acids is 1. The molecule has 0 atom stereocenters. The summed E-state index contributed by atoms with van der Waals surface area (Å²) in [7, 11) is -13.7. The number of aliphatic carboxylic acids is 1. The van der Waals surface area contributed by atoms with E-state index in [9.17, 15) is 48.4 Å². The molecule has 8 rings (SSSR count). The number of nitrogens with zero attached hydrogens (tertiary/aromatic N) is 6. The van der Waals surface area contributed by atoms with Crippen molar-refractivity contribution in [3.63, 3.8) is 0 Å². The van der Waals surface area contributed by atoms with Crippen molar-refractivity contribution in [2.75, 3.05) is 51.0 Å². The van der Waals surface area contributed by atoms with Gasteiger partial charge in [0, 0.05) is 35.6 Å².